The van der Waals surface area contributed by atoms with Gasteiger partial charge in [-0.3, -0.25) is 0 Å². The molecule has 0 fully saturated rings. The molecule has 0 bridgehead atoms. The van der Waals surface area contributed by atoms with Crippen molar-refractivity contribution >= 4 is 6.08 Å². The van der Waals surface area contributed by atoms with Crippen LogP contribution in [0, 0.1) is 6.07 Å². The first-order valence-electron chi connectivity index (χ1n) is 6.12. The maximum Gasteiger partial charge on any atom is 0.127 e. The third-order valence-electron chi connectivity index (χ3n) is 3.09. The molecule has 0 N–H and O–H groups in total. The topological polar surface area (TPSA) is 9.23 Å². The van der Waals surface area contributed by atoms with Gasteiger partial charge in [-0.15, -0.1) is 0 Å². The minimum absolute atomic E-state index is 0.122. The molecule has 0 saturated carbocycles. The lowest BCUT2D eigenvalue weighted by Crippen LogP contribution is -2.31. The van der Waals surface area contributed by atoms with Crippen LogP contribution in [-0.4, -0.2) is 5.60 Å². The van der Waals surface area contributed by atoms with Crippen molar-refractivity contribution in [1.29, 1.82) is 0 Å². The highest BCUT2D eigenvalue weighted by atomic mass is 16.5. The average Bonchev–Trinajstić information content (AvgIpc) is 2.29. The van der Waals surface area contributed by atoms with E-state index in [1.807, 2.05) is 18.2 Å². The Balaban J connectivity index is 2.06. The van der Waals surface area contributed by atoms with Gasteiger partial charge in [0.1, 0.15) is 11.4 Å². The summed E-state index contributed by atoms with van der Waals surface area (Å²) in [6.07, 6.45) is 9.19. The largest absolute Gasteiger partial charge is 0.483 e. The third kappa shape index (κ3) is 2.46. The van der Waals surface area contributed by atoms with Crippen molar-refractivity contribution < 1.29 is 4.74 Å². The number of fused-ring (bicyclic) bond motifs is 1. The van der Waals surface area contributed by atoms with Crippen molar-refractivity contribution in [2.75, 3.05) is 0 Å². The summed E-state index contributed by atoms with van der Waals surface area (Å²) in [6, 6.07) is 8.94. The van der Waals surface area contributed by atoms with E-state index < -0.39 is 0 Å². The quantitative estimate of drug-likeness (QED) is 0.683. The molecule has 1 heterocycles. The van der Waals surface area contributed by atoms with Crippen molar-refractivity contribution in [2.45, 2.75) is 45.1 Å². The van der Waals surface area contributed by atoms with E-state index in [9.17, 15) is 0 Å². The second-order valence-corrected chi connectivity index (χ2v) is 4.67. The molecule has 16 heavy (non-hydrogen) atoms. The Kier molecular flexibility index (Phi) is 3.33. The molecular formula is C15H19O. The number of hydrogen-bond acceptors (Lipinski definition) is 1. The van der Waals surface area contributed by atoms with Crippen LogP contribution < -0.4 is 4.74 Å². The molecule has 0 amide bonds. The summed E-state index contributed by atoms with van der Waals surface area (Å²) >= 11 is 0. The molecule has 1 radical (unpaired) electrons. The third-order valence-corrected chi connectivity index (χ3v) is 3.09. The molecule has 85 valence electrons. The molecule has 1 aromatic carbocycles. The molecule has 1 atom stereocenters. The van der Waals surface area contributed by atoms with E-state index >= 15 is 0 Å². The van der Waals surface area contributed by atoms with Gasteiger partial charge in [0.15, 0.2) is 0 Å². The van der Waals surface area contributed by atoms with Crippen LogP contribution in [0.1, 0.15) is 45.1 Å². The zero-order valence-electron chi connectivity index (χ0n) is 10.1. The predicted molar refractivity (Wildman–Crippen MR) is 67.5 cm³/mol. The van der Waals surface area contributed by atoms with E-state index in [0.717, 1.165) is 17.7 Å². The Hall–Kier alpha value is -1.24. The summed E-state index contributed by atoms with van der Waals surface area (Å²) in [5, 5.41) is 0. The maximum atomic E-state index is 6.06. The summed E-state index contributed by atoms with van der Waals surface area (Å²) in [6.45, 7) is 4.39. The van der Waals surface area contributed by atoms with Crippen LogP contribution in [0.25, 0.3) is 6.08 Å². The Morgan fingerprint density at radius 3 is 3.06 bits per heavy atom. The highest BCUT2D eigenvalue weighted by Crippen LogP contribution is 2.33. The van der Waals surface area contributed by atoms with Crippen LogP contribution in [0.3, 0.4) is 0 Å². The van der Waals surface area contributed by atoms with Gasteiger partial charge in [0, 0.05) is 5.56 Å². The van der Waals surface area contributed by atoms with Crippen LogP contribution >= 0.6 is 0 Å². The summed E-state index contributed by atoms with van der Waals surface area (Å²) in [4.78, 5) is 0. The zero-order chi connectivity index (χ0) is 11.4. The summed E-state index contributed by atoms with van der Waals surface area (Å²) in [5.74, 6) is 0.986. The molecule has 1 nitrogen and oxygen atoms in total. The smallest absolute Gasteiger partial charge is 0.127 e. The Bertz CT molecular complexity index is 381. The first-order chi connectivity index (χ1) is 7.73. The molecule has 0 spiro atoms. The average molecular weight is 215 g/mol. The molecule has 1 aliphatic heterocycles. The highest BCUT2D eigenvalue weighted by molar-refractivity contribution is 5.60. The Morgan fingerprint density at radius 2 is 2.25 bits per heavy atom. The first-order valence-corrected chi connectivity index (χ1v) is 6.12. The highest BCUT2D eigenvalue weighted by Gasteiger charge is 2.26. The van der Waals surface area contributed by atoms with Gasteiger partial charge in [0.2, 0.25) is 0 Å². The minimum atomic E-state index is -0.122. The van der Waals surface area contributed by atoms with Crippen LogP contribution in [0.2, 0.25) is 0 Å². The fourth-order valence-corrected chi connectivity index (χ4v) is 2.06. The van der Waals surface area contributed by atoms with Gasteiger partial charge in [-0.25, -0.2) is 0 Å². The number of benzene rings is 1. The van der Waals surface area contributed by atoms with Gasteiger partial charge in [0.25, 0.3) is 0 Å². The van der Waals surface area contributed by atoms with E-state index in [1.165, 1.54) is 19.3 Å². The molecule has 0 aliphatic carbocycles. The van der Waals surface area contributed by atoms with E-state index in [4.69, 9.17) is 4.74 Å². The van der Waals surface area contributed by atoms with E-state index in [0.29, 0.717) is 0 Å². The number of unbranched alkanes of at least 4 members (excludes halogenated alkanes) is 2. The molecule has 0 saturated heterocycles. The molecule has 1 aromatic rings. The van der Waals surface area contributed by atoms with E-state index in [-0.39, 0.29) is 5.60 Å². The number of hydrogen-bond donors (Lipinski definition) is 0. The summed E-state index contributed by atoms with van der Waals surface area (Å²) in [7, 11) is 0. The van der Waals surface area contributed by atoms with Gasteiger partial charge in [-0.1, -0.05) is 31.9 Å². The zero-order valence-corrected chi connectivity index (χ0v) is 10.1. The number of ether oxygens (including phenoxy) is 1. The molecule has 1 heteroatoms. The molecule has 1 aliphatic rings. The fourth-order valence-electron chi connectivity index (χ4n) is 2.06. The van der Waals surface area contributed by atoms with Gasteiger partial charge in [-0.05, 0) is 44.0 Å². The Labute approximate surface area is 98.1 Å². The van der Waals surface area contributed by atoms with Crippen molar-refractivity contribution in [2.24, 2.45) is 0 Å². The van der Waals surface area contributed by atoms with Gasteiger partial charge in [-0.2, -0.15) is 0 Å². The first kappa shape index (κ1) is 11.3. The van der Waals surface area contributed by atoms with Crippen LogP contribution in [0.4, 0.5) is 0 Å². The van der Waals surface area contributed by atoms with Crippen LogP contribution in [0.15, 0.2) is 24.3 Å². The van der Waals surface area contributed by atoms with Crippen LogP contribution in [-0.2, 0) is 0 Å². The van der Waals surface area contributed by atoms with Gasteiger partial charge >= 0.3 is 0 Å². The van der Waals surface area contributed by atoms with Crippen molar-refractivity contribution in [3.05, 3.63) is 35.9 Å². The Morgan fingerprint density at radius 1 is 1.38 bits per heavy atom. The normalized spacial score (nSPS) is 22.6. The minimum Gasteiger partial charge on any atom is -0.483 e. The summed E-state index contributed by atoms with van der Waals surface area (Å²) in [5.41, 5.74) is 1.01. The second-order valence-electron chi connectivity index (χ2n) is 4.67. The standard InChI is InChI=1S/C15H19O/c1-3-4-7-11-15(2)12-10-13-8-5-6-9-14(13)16-15/h6,8-10,12H,3-4,7,11H2,1-2H3. The number of rotatable bonds is 4. The SMILES string of the molecule is CCCCCC1(C)C=Cc2c[c]ccc2O1. The fraction of sp³-hybridized carbons (Fsp3) is 0.467. The van der Waals surface area contributed by atoms with Crippen molar-refractivity contribution in [3.63, 3.8) is 0 Å². The van der Waals surface area contributed by atoms with Crippen molar-refractivity contribution in [1.82, 2.24) is 0 Å². The van der Waals surface area contributed by atoms with Gasteiger partial charge < -0.3 is 4.74 Å². The second kappa shape index (κ2) is 4.73. The molecular weight excluding hydrogens is 196 g/mol. The lowest BCUT2D eigenvalue weighted by molar-refractivity contribution is 0.124. The van der Waals surface area contributed by atoms with Crippen molar-refractivity contribution in [3.8, 4) is 5.75 Å². The monoisotopic (exact) mass is 215 g/mol. The van der Waals surface area contributed by atoms with E-state index in [1.54, 1.807) is 0 Å². The lowest BCUT2D eigenvalue weighted by atomic mass is 9.94. The van der Waals surface area contributed by atoms with Crippen LogP contribution in [0.5, 0.6) is 5.75 Å². The molecule has 1 unspecified atom stereocenters. The van der Waals surface area contributed by atoms with E-state index in [2.05, 4.69) is 32.1 Å². The summed E-state index contributed by atoms with van der Waals surface area (Å²) < 4.78 is 6.06. The lowest BCUT2D eigenvalue weighted by Gasteiger charge is -2.31. The molecule has 0 aromatic heterocycles. The predicted octanol–water partition coefficient (Wildman–Crippen LogP) is 4.23. The van der Waals surface area contributed by atoms with Gasteiger partial charge in [0.05, 0.1) is 0 Å². The molecule has 2 rings (SSSR count). The maximum absolute atomic E-state index is 6.06.